The highest BCUT2D eigenvalue weighted by atomic mass is 16.5. The fourth-order valence-corrected chi connectivity index (χ4v) is 4.42. The first kappa shape index (κ1) is 22.7. The second kappa shape index (κ2) is 10.4. The lowest BCUT2D eigenvalue weighted by Gasteiger charge is -2.32. The Morgan fingerprint density at radius 2 is 2.24 bits per heavy atom. The monoisotopic (exact) mass is 446 g/mol. The predicted molar refractivity (Wildman–Crippen MR) is 129 cm³/mol. The molecule has 33 heavy (non-hydrogen) atoms. The second-order valence-electron chi connectivity index (χ2n) is 8.36. The molecule has 3 heterocycles. The molecule has 4 rings (SSSR count). The van der Waals surface area contributed by atoms with Crippen LogP contribution in [0.2, 0.25) is 0 Å². The van der Waals surface area contributed by atoms with Crippen LogP contribution in [0.4, 0.5) is 0 Å². The molecule has 0 aliphatic carbocycles. The Bertz CT molecular complexity index is 1160. The van der Waals surface area contributed by atoms with Gasteiger partial charge in [0, 0.05) is 48.6 Å². The molecule has 1 saturated heterocycles. The van der Waals surface area contributed by atoms with E-state index in [1.807, 2.05) is 31.2 Å². The van der Waals surface area contributed by atoms with Gasteiger partial charge in [0.25, 0.3) is 5.56 Å². The van der Waals surface area contributed by atoms with Gasteiger partial charge in [-0.1, -0.05) is 12.1 Å². The number of piperidine rings is 1. The molecule has 2 aromatic heterocycles. The van der Waals surface area contributed by atoms with Crippen LogP contribution in [-0.2, 0) is 13.0 Å². The van der Waals surface area contributed by atoms with E-state index < -0.39 is 0 Å². The van der Waals surface area contributed by atoms with E-state index in [4.69, 9.17) is 9.72 Å². The van der Waals surface area contributed by atoms with Crippen molar-refractivity contribution in [2.45, 2.75) is 38.6 Å². The first-order valence-corrected chi connectivity index (χ1v) is 11.4. The van der Waals surface area contributed by atoms with Crippen LogP contribution in [0, 0.1) is 0 Å². The van der Waals surface area contributed by atoms with Crippen molar-refractivity contribution in [2.75, 3.05) is 19.7 Å². The lowest BCUT2D eigenvalue weighted by Crippen LogP contribution is -2.34. The molecule has 0 spiro atoms. The van der Waals surface area contributed by atoms with Crippen molar-refractivity contribution >= 4 is 0 Å². The van der Waals surface area contributed by atoms with Crippen LogP contribution in [0.3, 0.4) is 0 Å². The fourth-order valence-electron chi connectivity index (χ4n) is 4.42. The molecule has 2 N–H and O–H groups in total. The Balaban J connectivity index is 1.55. The van der Waals surface area contributed by atoms with E-state index in [2.05, 4.69) is 21.4 Å². The number of H-pyrrole nitrogens is 1. The predicted octanol–water partition coefficient (Wildman–Crippen LogP) is 4.04. The van der Waals surface area contributed by atoms with Crippen molar-refractivity contribution < 1.29 is 9.84 Å². The number of rotatable bonds is 8. The smallest absolute Gasteiger partial charge is 0.251 e. The van der Waals surface area contributed by atoms with Crippen LogP contribution in [-0.4, -0.2) is 44.7 Å². The van der Waals surface area contributed by atoms with Crippen molar-refractivity contribution in [3.05, 3.63) is 82.6 Å². The number of allylic oxidation sites excluding steroid dienone is 1. The van der Waals surface area contributed by atoms with E-state index in [0.29, 0.717) is 24.6 Å². The molecule has 0 bridgehead atoms. The highest BCUT2D eigenvalue weighted by molar-refractivity contribution is 5.53. The zero-order chi connectivity index (χ0) is 23.2. The lowest BCUT2D eigenvalue weighted by molar-refractivity contribution is 0.198. The maximum Gasteiger partial charge on any atom is 0.251 e. The van der Waals surface area contributed by atoms with E-state index in [1.165, 1.54) is 0 Å². The number of hydrogen-bond donors (Lipinski definition) is 2. The minimum atomic E-state index is -0.148. The normalized spacial score (nSPS) is 16.5. The first-order valence-electron chi connectivity index (χ1n) is 11.4. The van der Waals surface area contributed by atoms with Gasteiger partial charge in [0.05, 0.1) is 12.3 Å². The maximum atomic E-state index is 12.4. The van der Waals surface area contributed by atoms with E-state index in [9.17, 15) is 9.90 Å². The summed E-state index contributed by atoms with van der Waals surface area (Å²) in [5, 5.41) is 10.5. The molecule has 1 fully saturated rings. The fraction of sp³-hybridized carbons (Fsp3) is 0.346. The van der Waals surface area contributed by atoms with Crippen molar-refractivity contribution in [3.8, 4) is 22.9 Å². The van der Waals surface area contributed by atoms with Gasteiger partial charge in [-0.25, -0.2) is 4.98 Å². The van der Waals surface area contributed by atoms with Gasteiger partial charge in [-0.3, -0.25) is 14.7 Å². The number of aromatic nitrogens is 3. The van der Waals surface area contributed by atoms with Crippen LogP contribution in [0.5, 0.6) is 11.5 Å². The molecule has 172 valence electrons. The average molecular weight is 447 g/mol. The summed E-state index contributed by atoms with van der Waals surface area (Å²) in [6, 6.07) is 9.28. The van der Waals surface area contributed by atoms with Gasteiger partial charge < -0.3 is 14.8 Å². The van der Waals surface area contributed by atoms with E-state index in [0.717, 1.165) is 54.9 Å². The van der Waals surface area contributed by atoms with Gasteiger partial charge in [-0.05, 0) is 56.5 Å². The maximum absolute atomic E-state index is 12.4. The molecule has 1 atom stereocenters. The number of nitrogens with one attached hydrogen (secondary N) is 1. The molecular formula is C26H30N4O3. The van der Waals surface area contributed by atoms with Gasteiger partial charge in [0.1, 0.15) is 5.82 Å². The number of phenols is 1. The van der Waals surface area contributed by atoms with Crippen LogP contribution in [0.25, 0.3) is 11.4 Å². The van der Waals surface area contributed by atoms with E-state index in [-0.39, 0.29) is 17.2 Å². The summed E-state index contributed by atoms with van der Waals surface area (Å²) in [6.07, 6.45) is 7.78. The second-order valence-corrected chi connectivity index (χ2v) is 8.36. The highest BCUT2D eigenvalue weighted by Crippen LogP contribution is 2.34. The minimum Gasteiger partial charge on any atom is -0.504 e. The number of ether oxygens (including phenoxy) is 1. The number of pyridine rings is 1. The summed E-state index contributed by atoms with van der Waals surface area (Å²) in [7, 11) is 0. The van der Waals surface area contributed by atoms with Gasteiger partial charge in [0.2, 0.25) is 0 Å². The Labute approximate surface area is 193 Å². The third-order valence-electron chi connectivity index (χ3n) is 5.90. The zero-order valence-electron chi connectivity index (χ0n) is 19.0. The summed E-state index contributed by atoms with van der Waals surface area (Å²) in [6.45, 7) is 8.71. The highest BCUT2D eigenvalue weighted by Gasteiger charge is 2.24. The summed E-state index contributed by atoms with van der Waals surface area (Å²) >= 11 is 0. The summed E-state index contributed by atoms with van der Waals surface area (Å²) < 4.78 is 5.66. The Kier molecular flexibility index (Phi) is 7.19. The van der Waals surface area contributed by atoms with E-state index in [1.54, 1.807) is 24.5 Å². The SMILES string of the molecule is C=CCc1cc(CN2CCCC(c3cc(=O)[nH]c(-c4cccnc4)n3)C2)cc(OCC)c1O. The molecule has 1 aromatic carbocycles. The van der Waals surface area contributed by atoms with Crippen LogP contribution < -0.4 is 10.3 Å². The Hall–Kier alpha value is -3.45. The van der Waals surface area contributed by atoms with Gasteiger partial charge in [0.15, 0.2) is 11.5 Å². The number of aromatic amines is 1. The molecule has 0 saturated carbocycles. The third-order valence-corrected chi connectivity index (χ3v) is 5.90. The quantitative estimate of drug-likeness (QED) is 0.508. The molecule has 0 radical (unpaired) electrons. The van der Waals surface area contributed by atoms with Crippen LogP contribution >= 0.6 is 0 Å². The number of aromatic hydroxyl groups is 1. The van der Waals surface area contributed by atoms with Crippen molar-refractivity contribution in [3.63, 3.8) is 0 Å². The van der Waals surface area contributed by atoms with Crippen molar-refractivity contribution in [2.24, 2.45) is 0 Å². The number of likely N-dealkylation sites (tertiary alicyclic amines) is 1. The third kappa shape index (κ3) is 5.49. The lowest BCUT2D eigenvalue weighted by atomic mass is 9.94. The van der Waals surface area contributed by atoms with Gasteiger partial charge in [-0.2, -0.15) is 0 Å². The first-order chi connectivity index (χ1) is 16.1. The Morgan fingerprint density at radius 1 is 1.36 bits per heavy atom. The molecule has 1 aliphatic rings. The van der Waals surface area contributed by atoms with Gasteiger partial charge >= 0.3 is 0 Å². The standard InChI is InChI=1S/C26H30N4O3/c1-3-7-19-12-18(13-23(25(19)32)33-4-2)16-30-11-6-9-21(17-30)22-14-24(31)29-26(28-22)20-8-5-10-27-15-20/h3,5,8,10,12-15,21,32H,1,4,6-7,9,11,16-17H2,2H3,(H,28,29,31). The Morgan fingerprint density at radius 3 is 3.00 bits per heavy atom. The molecule has 7 nitrogen and oxygen atoms in total. The topological polar surface area (TPSA) is 91.3 Å². The molecule has 3 aromatic rings. The van der Waals surface area contributed by atoms with Crippen molar-refractivity contribution in [1.29, 1.82) is 0 Å². The summed E-state index contributed by atoms with van der Waals surface area (Å²) in [5.74, 6) is 1.43. The molecule has 0 amide bonds. The minimum absolute atomic E-state index is 0.148. The van der Waals surface area contributed by atoms with Crippen molar-refractivity contribution in [1.82, 2.24) is 19.9 Å². The molecule has 1 unspecified atom stereocenters. The van der Waals surface area contributed by atoms with Crippen LogP contribution in [0.1, 0.15) is 42.5 Å². The zero-order valence-corrected chi connectivity index (χ0v) is 19.0. The number of phenolic OH excluding ortho intramolecular Hbond substituents is 1. The molecule has 1 aliphatic heterocycles. The van der Waals surface area contributed by atoms with Crippen LogP contribution in [0.15, 0.2) is 60.2 Å². The number of benzene rings is 1. The summed E-state index contributed by atoms with van der Waals surface area (Å²) in [4.78, 5) is 26.5. The summed E-state index contributed by atoms with van der Waals surface area (Å²) in [5.41, 5.74) is 3.37. The van der Waals surface area contributed by atoms with E-state index >= 15 is 0 Å². The number of hydrogen-bond acceptors (Lipinski definition) is 6. The average Bonchev–Trinajstić information content (AvgIpc) is 2.83. The van der Waals surface area contributed by atoms with Gasteiger partial charge in [-0.15, -0.1) is 6.58 Å². The number of nitrogens with zero attached hydrogens (tertiary/aromatic N) is 3. The molecular weight excluding hydrogens is 416 g/mol. The largest absolute Gasteiger partial charge is 0.504 e. The molecule has 7 heteroatoms.